The van der Waals surface area contributed by atoms with E-state index in [1.54, 1.807) is 17.7 Å². The zero-order chi connectivity index (χ0) is 13.2. The van der Waals surface area contributed by atoms with Crippen molar-refractivity contribution in [3.05, 3.63) is 47.1 Å². The molecular weight excluding hydrogens is 256 g/mol. The molecule has 0 spiro atoms. The lowest BCUT2D eigenvalue weighted by atomic mass is 10.1. The van der Waals surface area contributed by atoms with Crippen LogP contribution in [0.3, 0.4) is 0 Å². The molecule has 3 rings (SSSR count). The maximum absolute atomic E-state index is 5.91. The van der Waals surface area contributed by atoms with Gasteiger partial charge in [-0.3, -0.25) is 0 Å². The number of nitrogens with two attached hydrogens (primary N) is 1. The fourth-order valence-electron chi connectivity index (χ4n) is 1.99. The Balaban J connectivity index is 1.86. The quantitative estimate of drug-likeness (QED) is 0.717. The molecular formula is C14H14N4S. The Morgan fingerprint density at radius 2 is 2.16 bits per heavy atom. The first-order valence-electron chi connectivity index (χ1n) is 6.02. The minimum Gasteiger partial charge on any atom is -0.399 e. The van der Waals surface area contributed by atoms with Crippen LogP contribution in [0.4, 0.5) is 11.5 Å². The van der Waals surface area contributed by atoms with Crippen LogP contribution in [0.25, 0.3) is 10.2 Å². The van der Waals surface area contributed by atoms with Gasteiger partial charge in [-0.2, -0.15) is 0 Å². The van der Waals surface area contributed by atoms with E-state index in [2.05, 4.69) is 21.4 Å². The Kier molecular flexibility index (Phi) is 3.05. The van der Waals surface area contributed by atoms with Gasteiger partial charge in [-0.15, -0.1) is 11.3 Å². The predicted molar refractivity (Wildman–Crippen MR) is 80.3 cm³/mol. The molecule has 0 unspecified atom stereocenters. The molecule has 19 heavy (non-hydrogen) atoms. The van der Waals surface area contributed by atoms with Crippen molar-refractivity contribution in [2.75, 3.05) is 11.1 Å². The smallest absolute Gasteiger partial charge is 0.147 e. The highest BCUT2D eigenvalue weighted by molar-refractivity contribution is 7.17. The molecule has 3 N–H and O–H groups in total. The van der Waals surface area contributed by atoms with Gasteiger partial charge in [0.25, 0.3) is 0 Å². The minimum atomic E-state index is 0.709. The Morgan fingerprint density at radius 1 is 1.26 bits per heavy atom. The molecule has 3 aromatic rings. The number of anilines is 2. The number of thiophene rings is 1. The van der Waals surface area contributed by atoms with Crippen LogP contribution >= 0.6 is 11.3 Å². The third-order valence-corrected chi connectivity index (χ3v) is 4.09. The number of nitrogens with zero attached hydrogens (tertiary/aromatic N) is 2. The van der Waals surface area contributed by atoms with Gasteiger partial charge in [-0.1, -0.05) is 12.1 Å². The van der Waals surface area contributed by atoms with Crippen molar-refractivity contribution >= 4 is 33.1 Å². The average Bonchev–Trinajstić information content (AvgIpc) is 2.89. The van der Waals surface area contributed by atoms with Gasteiger partial charge < -0.3 is 11.1 Å². The maximum atomic E-state index is 5.91. The third-order valence-electron chi connectivity index (χ3n) is 3.18. The van der Waals surface area contributed by atoms with Crippen molar-refractivity contribution in [1.82, 2.24) is 9.97 Å². The molecule has 0 aliphatic carbocycles. The Labute approximate surface area is 115 Å². The molecule has 2 aromatic heterocycles. The van der Waals surface area contributed by atoms with Crippen LogP contribution in [0.1, 0.15) is 11.1 Å². The van der Waals surface area contributed by atoms with Gasteiger partial charge in [0, 0.05) is 12.2 Å². The number of hydrogen-bond donors (Lipinski definition) is 2. The molecule has 5 heteroatoms. The van der Waals surface area contributed by atoms with E-state index in [9.17, 15) is 0 Å². The maximum Gasteiger partial charge on any atom is 0.147 e. The molecule has 0 amide bonds. The molecule has 0 bridgehead atoms. The standard InChI is InChI=1S/C14H14N4S/c1-9-10(3-2-4-11(9)15)7-16-14-13-12(5-6-19-13)17-8-18-14/h2-6,8H,7,15H2,1H3,(H,16,17,18). The van der Waals surface area contributed by atoms with Crippen molar-refractivity contribution in [3.8, 4) is 0 Å². The summed E-state index contributed by atoms with van der Waals surface area (Å²) in [5, 5.41) is 5.39. The Hall–Kier alpha value is -2.14. The van der Waals surface area contributed by atoms with Crippen molar-refractivity contribution < 1.29 is 0 Å². The summed E-state index contributed by atoms with van der Waals surface area (Å²) in [6, 6.07) is 7.96. The molecule has 0 radical (unpaired) electrons. The van der Waals surface area contributed by atoms with Crippen molar-refractivity contribution in [2.45, 2.75) is 13.5 Å². The minimum absolute atomic E-state index is 0.709. The van der Waals surface area contributed by atoms with Gasteiger partial charge >= 0.3 is 0 Å². The van der Waals surface area contributed by atoms with E-state index in [4.69, 9.17) is 5.73 Å². The van der Waals surface area contributed by atoms with Gasteiger partial charge in [-0.05, 0) is 35.6 Å². The number of aromatic nitrogens is 2. The summed E-state index contributed by atoms with van der Waals surface area (Å²) in [5.41, 5.74) is 10.0. The van der Waals surface area contributed by atoms with Crippen LogP contribution in [0.15, 0.2) is 36.0 Å². The lowest BCUT2D eigenvalue weighted by Crippen LogP contribution is -2.04. The number of rotatable bonds is 3. The van der Waals surface area contributed by atoms with E-state index in [-0.39, 0.29) is 0 Å². The molecule has 0 atom stereocenters. The van der Waals surface area contributed by atoms with E-state index >= 15 is 0 Å². The summed E-state index contributed by atoms with van der Waals surface area (Å²) in [6.45, 7) is 2.74. The molecule has 0 saturated heterocycles. The van der Waals surface area contributed by atoms with Gasteiger partial charge in [0.1, 0.15) is 12.1 Å². The van der Waals surface area contributed by atoms with Gasteiger partial charge in [0.05, 0.1) is 10.2 Å². The van der Waals surface area contributed by atoms with E-state index in [0.717, 1.165) is 27.3 Å². The number of nitrogens with one attached hydrogen (secondary N) is 1. The first kappa shape index (κ1) is 11.9. The highest BCUT2D eigenvalue weighted by Crippen LogP contribution is 2.25. The second-order valence-electron chi connectivity index (χ2n) is 4.34. The van der Waals surface area contributed by atoms with Crippen LogP contribution in [0, 0.1) is 6.92 Å². The highest BCUT2D eigenvalue weighted by Gasteiger charge is 2.06. The predicted octanol–water partition coefficient (Wildman–Crippen LogP) is 3.19. The normalized spacial score (nSPS) is 10.8. The summed E-state index contributed by atoms with van der Waals surface area (Å²) in [5.74, 6) is 0.877. The average molecular weight is 270 g/mol. The number of nitrogen functional groups attached to an aromatic ring is 1. The molecule has 0 fully saturated rings. The molecule has 2 heterocycles. The third kappa shape index (κ3) is 2.24. The van der Waals surface area contributed by atoms with E-state index in [1.807, 2.05) is 30.5 Å². The topological polar surface area (TPSA) is 63.8 Å². The second-order valence-corrected chi connectivity index (χ2v) is 5.26. The first-order chi connectivity index (χ1) is 9.25. The SMILES string of the molecule is Cc1c(N)cccc1CNc1ncnc2ccsc12. The summed E-state index contributed by atoms with van der Waals surface area (Å²) in [7, 11) is 0. The van der Waals surface area contributed by atoms with Gasteiger partial charge in [0.2, 0.25) is 0 Å². The highest BCUT2D eigenvalue weighted by atomic mass is 32.1. The van der Waals surface area contributed by atoms with Gasteiger partial charge in [-0.25, -0.2) is 9.97 Å². The van der Waals surface area contributed by atoms with Crippen LogP contribution in [0.5, 0.6) is 0 Å². The fourth-order valence-corrected chi connectivity index (χ4v) is 2.80. The Morgan fingerprint density at radius 3 is 3.05 bits per heavy atom. The lowest BCUT2D eigenvalue weighted by molar-refractivity contribution is 1.09. The second kappa shape index (κ2) is 4.85. The van der Waals surface area contributed by atoms with Gasteiger partial charge in [0.15, 0.2) is 0 Å². The lowest BCUT2D eigenvalue weighted by Gasteiger charge is -2.10. The van der Waals surface area contributed by atoms with E-state index in [0.29, 0.717) is 6.54 Å². The largest absolute Gasteiger partial charge is 0.399 e. The zero-order valence-electron chi connectivity index (χ0n) is 10.6. The van der Waals surface area contributed by atoms with Crippen molar-refractivity contribution in [1.29, 1.82) is 0 Å². The molecule has 4 nitrogen and oxygen atoms in total. The summed E-state index contributed by atoms with van der Waals surface area (Å²) < 4.78 is 1.09. The summed E-state index contributed by atoms with van der Waals surface area (Å²) in [6.07, 6.45) is 1.59. The van der Waals surface area contributed by atoms with Crippen molar-refractivity contribution in [2.24, 2.45) is 0 Å². The summed E-state index contributed by atoms with van der Waals surface area (Å²) >= 11 is 1.64. The molecule has 0 aliphatic rings. The first-order valence-corrected chi connectivity index (χ1v) is 6.89. The van der Waals surface area contributed by atoms with Crippen LogP contribution in [0.2, 0.25) is 0 Å². The van der Waals surface area contributed by atoms with Crippen LogP contribution < -0.4 is 11.1 Å². The molecule has 96 valence electrons. The fraction of sp³-hybridized carbons (Fsp3) is 0.143. The number of fused-ring (bicyclic) bond motifs is 1. The Bertz CT molecular complexity index is 720. The zero-order valence-corrected chi connectivity index (χ0v) is 11.4. The number of hydrogen-bond acceptors (Lipinski definition) is 5. The van der Waals surface area contributed by atoms with E-state index < -0.39 is 0 Å². The number of benzene rings is 1. The summed E-state index contributed by atoms with van der Waals surface area (Å²) in [4.78, 5) is 8.53. The molecule has 1 aromatic carbocycles. The monoisotopic (exact) mass is 270 g/mol. The van der Waals surface area contributed by atoms with E-state index in [1.165, 1.54) is 5.56 Å². The van der Waals surface area contributed by atoms with Crippen LogP contribution in [-0.4, -0.2) is 9.97 Å². The van der Waals surface area contributed by atoms with Crippen molar-refractivity contribution in [3.63, 3.8) is 0 Å². The molecule has 0 saturated carbocycles. The molecule has 0 aliphatic heterocycles. The van der Waals surface area contributed by atoms with Crippen LogP contribution in [-0.2, 0) is 6.54 Å².